The van der Waals surface area contributed by atoms with Crippen LogP contribution in [0, 0.1) is 0 Å². The second kappa shape index (κ2) is 5.39. The molecule has 0 unspecified atom stereocenters. The van der Waals surface area contributed by atoms with Crippen molar-refractivity contribution in [1.82, 2.24) is 0 Å². The van der Waals surface area contributed by atoms with Gasteiger partial charge >= 0.3 is 5.97 Å². The number of carboxylic acids is 1. The predicted molar refractivity (Wildman–Crippen MR) is 95.5 cm³/mol. The Hall–Kier alpha value is -3.33. The number of fused-ring (bicyclic) bond motifs is 3. The van der Waals surface area contributed by atoms with Gasteiger partial charge in [0.15, 0.2) is 0 Å². The lowest BCUT2D eigenvalue weighted by Crippen LogP contribution is -1.97. The van der Waals surface area contributed by atoms with Crippen LogP contribution in [-0.4, -0.2) is 16.2 Å². The highest BCUT2D eigenvalue weighted by Crippen LogP contribution is 2.35. The lowest BCUT2D eigenvalue weighted by Gasteiger charge is -2.10. The number of hydrogen-bond acceptors (Lipinski definition) is 2. The maximum absolute atomic E-state index is 11.2. The van der Waals surface area contributed by atoms with E-state index in [4.69, 9.17) is 0 Å². The lowest BCUT2D eigenvalue weighted by atomic mass is 9.96. The summed E-state index contributed by atoms with van der Waals surface area (Å²) in [4.78, 5) is 11.2. The minimum atomic E-state index is -1.14. The van der Waals surface area contributed by atoms with Crippen molar-refractivity contribution in [3.05, 3.63) is 78.4 Å². The van der Waals surface area contributed by atoms with E-state index in [1.807, 2.05) is 30.3 Å². The number of carboxylic acid groups (broad SMARTS) is 1. The maximum Gasteiger partial charge on any atom is 0.339 e. The molecule has 4 rings (SSSR count). The van der Waals surface area contributed by atoms with E-state index in [0.29, 0.717) is 5.56 Å². The second-order valence-electron chi connectivity index (χ2n) is 5.73. The number of benzene rings is 4. The highest BCUT2D eigenvalue weighted by Gasteiger charge is 2.14. The van der Waals surface area contributed by atoms with Gasteiger partial charge in [0, 0.05) is 5.56 Å². The molecule has 0 radical (unpaired) electrons. The molecule has 24 heavy (non-hydrogen) atoms. The Bertz CT molecular complexity index is 1100. The molecule has 0 saturated carbocycles. The monoisotopic (exact) mass is 314 g/mol. The molecule has 0 saturated heterocycles. The van der Waals surface area contributed by atoms with Crippen LogP contribution >= 0.6 is 0 Å². The molecule has 116 valence electrons. The molecule has 3 heteroatoms. The molecule has 0 spiro atoms. The van der Waals surface area contributed by atoms with E-state index in [1.54, 1.807) is 12.1 Å². The minimum absolute atomic E-state index is 0.0921. The summed E-state index contributed by atoms with van der Waals surface area (Å²) in [5, 5.41) is 24.0. The molecule has 0 fully saturated rings. The van der Waals surface area contributed by atoms with Crippen LogP contribution in [0.25, 0.3) is 32.7 Å². The van der Waals surface area contributed by atoms with Gasteiger partial charge in [0.05, 0.1) is 0 Å². The highest BCUT2D eigenvalue weighted by atomic mass is 16.4. The van der Waals surface area contributed by atoms with Crippen LogP contribution in [0.5, 0.6) is 5.75 Å². The summed E-state index contributed by atoms with van der Waals surface area (Å²) in [6.07, 6.45) is 0. The van der Waals surface area contributed by atoms with Gasteiger partial charge in [-0.1, -0.05) is 60.7 Å². The summed E-state index contributed by atoms with van der Waals surface area (Å²) in [6.45, 7) is 0. The Labute approximate surface area is 138 Å². The van der Waals surface area contributed by atoms with Gasteiger partial charge in [0.2, 0.25) is 0 Å². The summed E-state index contributed by atoms with van der Waals surface area (Å²) in [7, 11) is 0. The lowest BCUT2D eigenvalue weighted by molar-refractivity contribution is 0.0694. The number of carbonyl (C=O) groups is 1. The minimum Gasteiger partial charge on any atom is -0.506 e. The number of aromatic carboxylic acids is 1. The SMILES string of the molecule is O=C(O)c1cccc(-c2ccc3ccc4ccccc4c3c2)c1O. The number of phenols is 1. The zero-order valence-electron chi connectivity index (χ0n) is 12.7. The number of aromatic hydroxyl groups is 1. The van der Waals surface area contributed by atoms with Crippen molar-refractivity contribution in [3.63, 3.8) is 0 Å². The molecular weight excluding hydrogens is 300 g/mol. The molecular formula is C21H14O3. The number of hydrogen-bond donors (Lipinski definition) is 2. The number of para-hydroxylation sites is 1. The maximum atomic E-state index is 11.2. The molecule has 0 bridgehead atoms. The Morgan fingerprint density at radius 2 is 1.46 bits per heavy atom. The summed E-state index contributed by atoms with van der Waals surface area (Å²) < 4.78 is 0. The van der Waals surface area contributed by atoms with Crippen molar-refractivity contribution in [3.8, 4) is 16.9 Å². The smallest absolute Gasteiger partial charge is 0.339 e. The van der Waals surface area contributed by atoms with Gasteiger partial charge in [-0.15, -0.1) is 0 Å². The van der Waals surface area contributed by atoms with Crippen molar-refractivity contribution >= 4 is 27.5 Å². The van der Waals surface area contributed by atoms with E-state index in [9.17, 15) is 15.0 Å². The predicted octanol–water partition coefficient (Wildman–Crippen LogP) is 5.06. The average molecular weight is 314 g/mol. The van der Waals surface area contributed by atoms with Gasteiger partial charge < -0.3 is 10.2 Å². The molecule has 0 atom stereocenters. The van der Waals surface area contributed by atoms with Crippen molar-refractivity contribution in [2.24, 2.45) is 0 Å². The molecule has 0 amide bonds. The fraction of sp³-hybridized carbons (Fsp3) is 0. The van der Waals surface area contributed by atoms with E-state index >= 15 is 0 Å². The molecule has 0 aliphatic heterocycles. The Morgan fingerprint density at radius 1 is 0.750 bits per heavy atom. The highest BCUT2D eigenvalue weighted by molar-refractivity contribution is 6.09. The van der Waals surface area contributed by atoms with Gasteiger partial charge in [-0.3, -0.25) is 0 Å². The Kier molecular flexibility index (Phi) is 3.21. The van der Waals surface area contributed by atoms with Crippen LogP contribution in [0.3, 0.4) is 0 Å². The fourth-order valence-electron chi connectivity index (χ4n) is 3.12. The first-order valence-electron chi connectivity index (χ1n) is 7.62. The van der Waals surface area contributed by atoms with Crippen LogP contribution in [0.4, 0.5) is 0 Å². The summed E-state index contributed by atoms with van der Waals surface area (Å²) in [5.74, 6) is -1.34. The molecule has 4 aromatic carbocycles. The molecule has 4 aromatic rings. The standard InChI is InChI=1S/C21H14O3/c22-20-17(6-3-7-18(20)21(23)24)15-11-10-14-9-8-13-4-1-2-5-16(13)19(14)12-15/h1-12,22H,(H,23,24). The first kappa shape index (κ1) is 14.3. The summed E-state index contributed by atoms with van der Waals surface area (Å²) >= 11 is 0. The van der Waals surface area contributed by atoms with E-state index in [1.165, 1.54) is 6.07 Å². The van der Waals surface area contributed by atoms with Crippen molar-refractivity contribution in [2.45, 2.75) is 0 Å². The van der Waals surface area contributed by atoms with Crippen molar-refractivity contribution in [2.75, 3.05) is 0 Å². The quantitative estimate of drug-likeness (QED) is 0.508. The Morgan fingerprint density at radius 3 is 2.25 bits per heavy atom. The van der Waals surface area contributed by atoms with Gasteiger partial charge in [-0.05, 0) is 39.2 Å². The van der Waals surface area contributed by atoms with Crippen LogP contribution in [0.15, 0.2) is 72.8 Å². The van der Waals surface area contributed by atoms with Crippen LogP contribution in [-0.2, 0) is 0 Å². The topological polar surface area (TPSA) is 57.5 Å². The molecule has 0 aliphatic carbocycles. The van der Waals surface area contributed by atoms with E-state index in [-0.39, 0.29) is 11.3 Å². The third kappa shape index (κ3) is 2.18. The van der Waals surface area contributed by atoms with Gasteiger partial charge in [-0.2, -0.15) is 0 Å². The first-order valence-corrected chi connectivity index (χ1v) is 7.62. The van der Waals surface area contributed by atoms with Crippen molar-refractivity contribution in [1.29, 1.82) is 0 Å². The number of rotatable bonds is 2. The molecule has 3 nitrogen and oxygen atoms in total. The Balaban J connectivity index is 2.00. The molecule has 0 aliphatic rings. The zero-order valence-corrected chi connectivity index (χ0v) is 12.7. The molecule has 0 heterocycles. The van der Waals surface area contributed by atoms with E-state index in [2.05, 4.69) is 24.3 Å². The summed E-state index contributed by atoms with van der Waals surface area (Å²) in [5.41, 5.74) is 1.22. The van der Waals surface area contributed by atoms with Crippen LogP contribution in [0.2, 0.25) is 0 Å². The normalized spacial score (nSPS) is 11.0. The van der Waals surface area contributed by atoms with Gasteiger partial charge in [0.1, 0.15) is 11.3 Å². The van der Waals surface area contributed by atoms with Crippen molar-refractivity contribution < 1.29 is 15.0 Å². The first-order chi connectivity index (χ1) is 11.6. The van der Waals surface area contributed by atoms with Gasteiger partial charge in [-0.25, -0.2) is 4.79 Å². The average Bonchev–Trinajstić information content (AvgIpc) is 2.61. The molecule has 0 aromatic heterocycles. The van der Waals surface area contributed by atoms with Crippen LogP contribution < -0.4 is 0 Å². The molecule has 2 N–H and O–H groups in total. The largest absolute Gasteiger partial charge is 0.506 e. The second-order valence-corrected chi connectivity index (χ2v) is 5.73. The summed E-state index contributed by atoms with van der Waals surface area (Å²) in [6, 6.07) is 22.9. The van der Waals surface area contributed by atoms with E-state index < -0.39 is 5.97 Å². The van der Waals surface area contributed by atoms with Crippen LogP contribution in [0.1, 0.15) is 10.4 Å². The van der Waals surface area contributed by atoms with Gasteiger partial charge in [0.25, 0.3) is 0 Å². The third-order valence-electron chi connectivity index (χ3n) is 4.32. The third-order valence-corrected chi connectivity index (χ3v) is 4.32. The van der Waals surface area contributed by atoms with E-state index in [0.717, 1.165) is 27.1 Å². The zero-order chi connectivity index (χ0) is 16.7. The fourth-order valence-corrected chi connectivity index (χ4v) is 3.12.